The summed E-state index contributed by atoms with van der Waals surface area (Å²) >= 11 is 12.1. The summed E-state index contributed by atoms with van der Waals surface area (Å²) in [5.41, 5.74) is 0.939. The molecule has 0 N–H and O–H groups in total. The number of carbonyl (C=O) groups excluding carboxylic acids is 1. The average Bonchev–Trinajstić information content (AvgIpc) is 2.58. The zero-order valence-electron chi connectivity index (χ0n) is 15.2. The largest absolute Gasteiger partial charge is 0.338 e. The quantitative estimate of drug-likeness (QED) is 0.764. The molecule has 1 aromatic rings. The van der Waals surface area contributed by atoms with Crippen LogP contribution >= 0.6 is 23.2 Å². The third-order valence-corrected chi connectivity index (χ3v) is 6.55. The van der Waals surface area contributed by atoms with Crippen LogP contribution in [-0.2, 0) is 11.2 Å². The summed E-state index contributed by atoms with van der Waals surface area (Å²) in [6.45, 7) is 1.84. The summed E-state index contributed by atoms with van der Waals surface area (Å²) in [7, 11) is 4.21. The fourth-order valence-corrected chi connectivity index (χ4v) is 4.97. The molecule has 5 heteroatoms. The maximum atomic E-state index is 13.1. The van der Waals surface area contributed by atoms with E-state index in [0.29, 0.717) is 28.4 Å². The van der Waals surface area contributed by atoms with Crippen molar-refractivity contribution >= 4 is 29.1 Å². The highest BCUT2D eigenvalue weighted by Crippen LogP contribution is 2.40. The van der Waals surface area contributed by atoms with Crippen molar-refractivity contribution in [3.05, 3.63) is 33.8 Å². The van der Waals surface area contributed by atoms with Crippen LogP contribution in [0, 0.1) is 11.8 Å². The highest BCUT2D eigenvalue weighted by atomic mass is 35.5. The molecule has 1 aliphatic heterocycles. The second-order valence-electron chi connectivity index (χ2n) is 7.84. The number of halogens is 2. The van der Waals surface area contributed by atoms with E-state index in [1.165, 1.54) is 25.7 Å². The Bertz CT molecular complexity index is 620. The van der Waals surface area contributed by atoms with Gasteiger partial charge in [0.1, 0.15) is 0 Å². The number of rotatable bonds is 4. The van der Waals surface area contributed by atoms with E-state index in [2.05, 4.69) is 23.9 Å². The second kappa shape index (κ2) is 8.28. The summed E-state index contributed by atoms with van der Waals surface area (Å²) in [4.78, 5) is 17.4. The van der Waals surface area contributed by atoms with E-state index >= 15 is 0 Å². The van der Waals surface area contributed by atoms with Gasteiger partial charge in [-0.3, -0.25) is 4.79 Å². The van der Waals surface area contributed by atoms with Crippen LogP contribution < -0.4 is 0 Å². The Morgan fingerprint density at radius 2 is 1.92 bits per heavy atom. The Labute approximate surface area is 161 Å². The van der Waals surface area contributed by atoms with E-state index < -0.39 is 0 Å². The molecule has 3 unspecified atom stereocenters. The van der Waals surface area contributed by atoms with Gasteiger partial charge in [0.25, 0.3) is 0 Å². The van der Waals surface area contributed by atoms with Gasteiger partial charge < -0.3 is 9.80 Å². The topological polar surface area (TPSA) is 23.6 Å². The zero-order valence-corrected chi connectivity index (χ0v) is 16.7. The van der Waals surface area contributed by atoms with E-state index in [9.17, 15) is 4.79 Å². The third-order valence-electron chi connectivity index (χ3n) is 5.82. The minimum Gasteiger partial charge on any atom is -0.338 e. The normalized spacial score (nSPS) is 26.6. The zero-order chi connectivity index (χ0) is 18.0. The summed E-state index contributed by atoms with van der Waals surface area (Å²) in [5.74, 6) is 1.67. The van der Waals surface area contributed by atoms with Crippen LogP contribution in [0.15, 0.2) is 18.2 Å². The van der Waals surface area contributed by atoms with Crippen molar-refractivity contribution in [1.82, 2.24) is 9.80 Å². The Hall–Kier alpha value is -0.770. The first-order valence-corrected chi connectivity index (χ1v) is 10.1. The van der Waals surface area contributed by atoms with E-state index in [4.69, 9.17) is 23.2 Å². The third kappa shape index (κ3) is 4.50. The molecule has 0 aromatic heterocycles. The number of hydrogen-bond acceptors (Lipinski definition) is 2. The number of likely N-dealkylation sites (N-methyl/N-ethyl adjacent to an activating group) is 1. The van der Waals surface area contributed by atoms with Crippen LogP contribution in [0.5, 0.6) is 0 Å². The molecule has 1 amide bonds. The van der Waals surface area contributed by atoms with E-state index in [1.54, 1.807) is 6.07 Å². The number of likely N-dealkylation sites (tertiary alicyclic amines) is 1. The summed E-state index contributed by atoms with van der Waals surface area (Å²) in [6.07, 6.45) is 6.82. The van der Waals surface area contributed by atoms with Gasteiger partial charge in [-0.15, -0.1) is 0 Å². The molecule has 1 heterocycles. The molecule has 3 nitrogen and oxygen atoms in total. The molecular weight excluding hydrogens is 355 g/mol. The molecule has 2 aliphatic rings. The fraction of sp³-hybridized carbons (Fsp3) is 0.650. The van der Waals surface area contributed by atoms with Gasteiger partial charge in [0.05, 0.1) is 16.5 Å². The summed E-state index contributed by atoms with van der Waals surface area (Å²) in [5, 5.41) is 1.05. The van der Waals surface area contributed by atoms with Crippen LogP contribution in [-0.4, -0.2) is 48.9 Å². The lowest BCUT2D eigenvalue weighted by molar-refractivity contribution is -0.138. The standard InChI is InChI=1S/C20H28Cl2N2O/c1-23(2)13-19-16-6-4-3-5-15(16)9-10-24(19)20(25)12-14-7-8-17(21)18(22)11-14/h7-8,11,15-16,19H,3-6,9-10,12-13H2,1-2H3. The highest BCUT2D eigenvalue weighted by Gasteiger charge is 2.40. The molecule has 0 radical (unpaired) electrons. The minimum absolute atomic E-state index is 0.217. The Balaban J connectivity index is 1.75. The number of nitrogens with zero attached hydrogens (tertiary/aromatic N) is 2. The molecule has 1 aliphatic carbocycles. The Morgan fingerprint density at radius 3 is 2.64 bits per heavy atom. The maximum Gasteiger partial charge on any atom is 0.227 e. The van der Waals surface area contributed by atoms with Gasteiger partial charge in [-0.1, -0.05) is 48.5 Å². The number of carbonyl (C=O) groups is 1. The maximum absolute atomic E-state index is 13.1. The van der Waals surface area contributed by atoms with Gasteiger partial charge in [0, 0.05) is 19.1 Å². The molecule has 138 valence electrons. The first-order chi connectivity index (χ1) is 12.0. The number of hydrogen-bond donors (Lipinski definition) is 0. The van der Waals surface area contributed by atoms with Crippen molar-refractivity contribution in [1.29, 1.82) is 0 Å². The number of benzene rings is 1. The smallest absolute Gasteiger partial charge is 0.227 e. The molecular formula is C20H28Cl2N2O. The van der Waals surface area contributed by atoms with Crippen molar-refractivity contribution < 1.29 is 4.79 Å². The molecule has 1 aromatic carbocycles. The first kappa shape index (κ1) is 19.0. The number of fused-ring (bicyclic) bond motifs is 1. The molecule has 3 rings (SSSR count). The van der Waals surface area contributed by atoms with Gasteiger partial charge in [-0.25, -0.2) is 0 Å². The molecule has 0 spiro atoms. The van der Waals surface area contributed by atoms with E-state index in [-0.39, 0.29) is 5.91 Å². The predicted octanol–water partition coefficient (Wildman–Crippen LogP) is 4.50. The number of piperidine rings is 1. The molecule has 1 saturated heterocycles. The highest BCUT2D eigenvalue weighted by molar-refractivity contribution is 6.42. The predicted molar refractivity (Wildman–Crippen MR) is 104 cm³/mol. The van der Waals surface area contributed by atoms with Crippen LogP contribution in [0.25, 0.3) is 0 Å². The van der Waals surface area contributed by atoms with Crippen LogP contribution in [0.4, 0.5) is 0 Å². The van der Waals surface area contributed by atoms with E-state index in [0.717, 1.165) is 31.0 Å². The Kier molecular flexibility index (Phi) is 6.30. The summed E-state index contributed by atoms with van der Waals surface area (Å²) in [6, 6.07) is 5.83. The average molecular weight is 383 g/mol. The van der Waals surface area contributed by atoms with Crippen LogP contribution in [0.2, 0.25) is 10.0 Å². The van der Waals surface area contributed by atoms with Gasteiger partial charge in [0.15, 0.2) is 0 Å². The van der Waals surface area contributed by atoms with Crippen molar-refractivity contribution in [3.8, 4) is 0 Å². The minimum atomic E-state index is 0.217. The Morgan fingerprint density at radius 1 is 1.16 bits per heavy atom. The van der Waals surface area contributed by atoms with Crippen LogP contribution in [0.1, 0.15) is 37.7 Å². The first-order valence-electron chi connectivity index (χ1n) is 9.34. The van der Waals surface area contributed by atoms with Crippen LogP contribution in [0.3, 0.4) is 0 Å². The monoisotopic (exact) mass is 382 g/mol. The lowest BCUT2D eigenvalue weighted by Gasteiger charge is -2.48. The molecule has 25 heavy (non-hydrogen) atoms. The van der Waals surface area contributed by atoms with Crippen molar-refractivity contribution in [2.24, 2.45) is 11.8 Å². The fourth-order valence-electron chi connectivity index (χ4n) is 4.65. The molecule has 2 fully saturated rings. The lowest BCUT2D eigenvalue weighted by atomic mass is 9.70. The second-order valence-corrected chi connectivity index (χ2v) is 8.65. The van der Waals surface area contributed by atoms with E-state index in [1.807, 2.05) is 12.1 Å². The SMILES string of the molecule is CN(C)CC1C2CCCCC2CCN1C(=O)Cc1ccc(Cl)c(Cl)c1. The van der Waals surface area contributed by atoms with Crippen molar-refractivity contribution in [2.45, 2.75) is 44.6 Å². The van der Waals surface area contributed by atoms with Gasteiger partial charge in [0.2, 0.25) is 5.91 Å². The molecule has 0 bridgehead atoms. The number of amides is 1. The lowest BCUT2D eigenvalue weighted by Crippen LogP contribution is -2.56. The molecule has 3 atom stereocenters. The molecule has 1 saturated carbocycles. The van der Waals surface area contributed by atoms with Gasteiger partial charge in [-0.2, -0.15) is 0 Å². The van der Waals surface area contributed by atoms with Gasteiger partial charge in [-0.05, 0) is 56.5 Å². The van der Waals surface area contributed by atoms with Gasteiger partial charge >= 0.3 is 0 Å². The summed E-state index contributed by atoms with van der Waals surface area (Å²) < 4.78 is 0. The van der Waals surface area contributed by atoms with Crippen molar-refractivity contribution in [2.75, 3.05) is 27.2 Å². The van der Waals surface area contributed by atoms with Crippen molar-refractivity contribution in [3.63, 3.8) is 0 Å².